The predicted octanol–water partition coefficient (Wildman–Crippen LogP) is 3.57. The number of benzene rings is 1. The third-order valence-electron chi connectivity index (χ3n) is 4.18. The maximum atomic E-state index is 4.75. The van der Waals surface area contributed by atoms with Crippen LogP contribution in [0.2, 0.25) is 0 Å². The summed E-state index contributed by atoms with van der Waals surface area (Å²) in [5.74, 6) is 1.31. The summed E-state index contributed by atoms with van der Waals surface area (Å²) in [4.78, 5) is 20.0. The van der Waals surface area contributed by atoms with Crippen molar-refractivity contribution in [2.24, 2.45) is 0 Å². The van der Waals surface area contributed by atoms with Crippen LogP contribution in [0.15, 0.2) is 55.0 Å². The minimum absolute atomic E-state index is 0.639. The number of anilines is 2. The van der Waals surface area contributed by atoms with E-state index in [-0.39, 0.29) is 0 Å². The normalized spacial score (nSPS) is 11.0. The lowest BCUT2D eigenvalue weighted by Crippen LogP contribution is -2.13. The van der Waals surface area contributed by atoms with Crippen LogP contribution in [0.5, 0.6) is 0 Å². The van der Waals surface area contributed by atoms with E-state index in [9.17, 15) is 0 Å². The Balaban J connectivity index is 1.79. The van der Waals surface area contributed by atoms with Crippen LogP contribution in [-0.4, -0.2) is 31.4 Å². The van der Waals surface area contributed by atoms with E-state index in [2.05, 4.69) is 46.1 Å². The minimum Gasteiger partial charge on any atom is -0.314 e. The van der Waals surface area contributed by atoms with Gasteiger partial charge in [0.2, 0.25) is 11.7 Å². The average molecular weight is 330 g/mol. The van der Waals surface area contributed by atoms with Gasteiger partial charge in [0.15, 0.2) is 0 Å². The lowest BCUT2D eigenvalue weighted by Gasteiger charge is -2.17. The van der Waals surface area contributed by atoms with Crippen molar-refractivity contribution in [2.75, 3.05) is 11.9 Å². The fourth-order valence-corrected chi connectivity index (χ4v) is 2.83. The molecule has 0 bridgehead atoms. The molecule has 0 N–H and O–H groups in total. The van der Waals surface area contributed by atoms with Gasteiger partial charge in [-0.3, -0.25) is 4.40 Å². The summed E-state index contributed by atoms with van der Waals surface area (Å²) < 4.78 is 1.95. The van der Waals surface area contributed by atoms with Crippen LogP contribution in [0.1, 0.15) is 11.3 Å². The standard InChI is InChI=1S/C19H18N6/c1-13-5-7-15(8-6-13)24(3)18-21-11-9-16(23-18)17-14(2)22-19-20-10-4-12-25(17)19/h4-12H,1-3H3. The lowest BCUT2D eigenvalue weighted by atomic mass is 10.2. The predicted molar refractivity (Wildman–Crippen MR) is 98.0 cm³/mol. The highest BCUT2D eigenvalue weighted by Gasteiger charge is 2.15. The molecule has 0 saturated heterocycles. The molecule has 3 heterocycles. The third kappa shape index (κ3) is 2.71. The summed E-state index contributed by atoms with van der Waals surface area (Å²) in [7, 11) is 1.96. The maximum Gasteiger partial charge on any atom is 0.234 e. The molecule has 0 aliphatic rings. The van der Waals surface area contributed by atoms with Gasteiger partial charge in [0.05, 0.1) is 17.1 Å². The number of aromatic nitrogens is 5. The molecule has 0 radical (unpaired) electrons. The topological polar surface area (TPSA) is 59.2 Å². The number of imidazole rings is 1. The molecule has 0 fully saturated rings. The molecular weight excluding hydrogens is 312 g/mol. The highest BCUT2D eigenvalue weighted by Crippen LogP contribution is 2.25. The first-order chi connectivity index (χ1) is 12.1. The van der Waals surface area contributed by atoms with E-state index in [0.717, 1.165) is 22.8 Å². The largest absolute Gasteiger partial charge is 0.314 e. The van der Waals surface area contributed by atoms with E-state index in [1.807, 2.05) is 41.6 Å². The molecule has 124 valence electrons. The monoisotopic (exact) mass is 330 g/mol. The van der Waals surface area contributed by atoms with Gasteiger partial charge in [0.25, 0.3) is 0 Å². The Morgan fingerprint density at radius 3 is 2.52 bits per heavy atom. The second-order valence-electron chi connectivity index (χ2n) is 5.97. The van der Waals surface area contributed by atoms with Crippen molar-refractivity contribution in [3.63, 3.8) is 0 Å². The van der Waals surface area contributed by atoms with Gasteiger partial charge < -0.3 is 4.90 Å². The van der Waals surface area contributed by atoms with Crippen LogP contribution in [0.25, 0.3) is 17.2 Å². The van der Waals surface area contributed by atoms with Gasteiger partial charge in [0.1, 0.15) is 0 Å². The van der Waals surface area contributed by atoms with Gasteiger partial charge in [-0.1, -0.05) is 17.7 Å². The number of rotatable bonds is 3. The molecule has 0 atom stereocenters. The summed E-state index contributed by atoms with van der Waals surface area (Å²) in [6.45, 7) is 4.04. The molecule has 3 aromatic heterocycles. The summed E-state index contributed by atoms with van der Waals surface area (Å²) in [6.07, 6.45) is 5.46. The Morgan fingerprint density at radius 1 is 0.920 bits per heavy atom. The lowest BCUT2D eigenvalue weighted by molar-refractivity contribution is 1.03. The van der Waals surface area contributed by atoms with Gasteiger partial charge in [0, 0.05) is 31.3 Å². The fraction of sp³-hybridized carbons (Fsp3) is 0.158. The first kappa shape index (κ1) is 15.3. The van der Waals surface area contributed by atoms with Crippen LogP contribution in [0.4, 0.5) is 11.6 Å². The number of hydrogen-bond donors (Lipinski definition) is 0. The SMILES string of the molecule is Cc1ccc(N(C)c2nccc(-c3c(C)nc4ncccn34)n2)cc1. The quantitative estimate of drug-likeness (QED) is 0.575. The molecule has 4 rings (SSSR count). The maximum absolute atomic E-state index is 4.75. The van der Waals surface area contributed by atoms with Gasteiger partial charge in [-0.05, 0) is 38.1 Å². The van der Waals surface area contributed by atoms with Crippen molar-refractivity contribution in [3.8, 4) is 11.4 Å². The van der Waals surface area contributed by atoms with Gasteiger partial charge in [-0.25, -0.2) is 19.9 Å². The van der Waals surface area contributed by atoms with E-state index in [1.54, 1.807) is 12.4 Å². The van der Waals surface area contributed by atoms with Crippen molar-refractivity contribution in [1.29, 1.82) is 0 Å². The molecule has 0 aliphatic heterocycles. The molecule has 4 aromatic rings. The van der Waals surface area contributed by atoms with Crippen LogP contribution in [-0.2, 0) is 0 Å². The zero-order valence-electron chi connectivity index (χ0n) is 14.4. The minimum atomic E-state index is 0.639. The second kappa shape index (κ2) is 5.98. The Bertz CT molecular complexity index is 1040. The zero-order valence-corrected chi connectivity index (χ0v) is 14.4. The van der Waals surface area contributed by atoms with Crippen molar-refractivity contribution in [3.05, 3.63) is 66.2 Å². The van der Waals surface area contributed by atoms with E-state index in [4.69, 9.17) is 4.98 Å². The third-order valence-corrected chi connectivity index (χ3v) is 4.18. The van der Waals surface area contributed by atoms with Crippen molar-refractivity contribution >= 4 is 17.4 Å². The molecule has 1 aromatic carbocycles. The number of fused-ring (bicyclic) bond motifs is 1. The summed E-state index contributed by atoms with van der Waals surface area (Å²) in [5, 5.41) is 0. The first-order valence-corrected chi connectivity index (χ1v) is 8.07. The highest BCUT2D eigenvalue weighted by molar-refractivity contribution is 5.65. The number of hydrogen-bond acceptors (Lipinski definition) is 5. The van der Waals surface area contributed by atoms with Gasteiger partial charge in [-0.15, -0.1) is 0 Å². The Morgan fingerprint density at radius 2 is 1.72 bits per heavy atom. The average Bonchev–Trinajstić information content (AvgIpc) is 2.97. The highest BCUT2D eigenvalue weighted by atomic mass is 15.2. The number of aryl methyl sites for hydroxylation is 2. The molecule has 6 heteroatoms. The van der Waals surface area contributed by atoms with Crippen LogP contribution >= 0.6 is 0 Å². The molecule has 0 spiro atoms. The Hall–Kier alpha value is -3.28. The molecule has 0 unspecified atom stereocenters. The van der Waals surface area contributed by atoms with Crippen molar-refractivity contribution in [2.45, 2.75) is 13.8 Å². The van der Waals surface area contributed by atoms with Crippen LogP contribution < -0.4 is 4.90 Å². The smallest absolute Gasteiger partial charge is 0.234 e. The fourth-order valence-electron chi connectivity index (χ4n) is 2.83. The Kier molecular flexibility index (Phi) is 3.65. The zero-order chi connectivity index (χ0) is 17.4. The van der Waals surface area contributed by atoms with E-state index < -0.39 is 0 Å². The summed E-state index contributed by atoms with van der Waals surface area (Å²) >= 11 is 0. The van der Waals surface area contributed by atoms with Crippen LogP contribution in [0.3, 0.4) is 0 Å². The van der Waals surface area contributed by atoms with Gasteiger partial charge >= 0.3 is 0 Å². The molecule has 25 heavy (non-hydrogen) atoms. The summed E-state index contributed by atoms with van der Waals surface area (Å²) in [5.41, 5.74) is 4.91. The Labute approximate surface area is 145 Å². The van der Waals surface area contributed by atoms with Crippen molar-refractivity contribution < 1.29 is 0 Å². The van der Waals surface area contributed by atoms with Crippen molar-refractivity contribution in [1.82, 2.24) is 24.3 Å². The summed E-state index contributed by atoms with van der Waals surface area (Å²) in [6, 6.07) is 12.1. The molecular formula is C19H18N6. The van der Waals surface area contributed by atoms with E-state index in [0.29, 0.717) is 11.7 Å². The molecule has 0 saturated carbocycles. The molecule has 0 aliphatic carbocycles. The molecule has 0 amide bonds. The van der Waals surface area contributed by atoms with Crippen LogP contribution in [0, 0.1) is 13.8 Å². The second-order valence-corrected chi connectivity index (χ2v) is 5.97. The van der Waals surface area contributed by atoms with E-state index >= 15 is 0 Å². The first-order valence-electron chi connectivity index (χ1n) is 8.07. The van der Waals surface area contributed by atoms with Gasteiger partial charge in [-0.2, -0.15) is 0 Å². The number of nitrogens with zero attached hydrogens (tertiary/aromatic N) is 6. The molecule has 6 nitrogen and oxygen atoms in total. The van der Waals surface area contributed by atoms with E-state index in [1.165, 1.54) is 5.56 Å².